The summed E-state index contributed by atoms with van der Waals surface area (Å²) >= 11 is 6.03. The van der Waals surface area contributed by atoms with Gasteiger partial charge in [0.2, 0.25) is 0 Å². The maximum Gasteiger partial charge on any atom is 0.412 e. The summed E-state index contributed by atoms with van der Waals surface area (Å²) in [5.41, 5.74) is -0.289. The molecular weight excluding hydrogens is 280 g/mol. The van der Waals surface area contributed by atoms with E-state index in [4.69, 9.17) is 16.3 Å². The number of carbonyl (C=O) groups is 1. The van der Waals surface area contributed by atoms with Gasteiger partial charge in [0.15, 0.2) is 0 Å². The summed E-state index contributed by atoms with van der Waals surface area (Å²) in [5, 5.41) is 4.05. The van der Waals surface area contributed by atoms with Gasteiger partial charge in [-0.2, -0.15) is 0 Å². The first kappa shape index (κ1) is 14.4. The quantitative estimate of drug-likeness (QED) is 0.845. The van der Waals surface area contributed by atoms with Crippen molar-refractivity contribution < 1.29 is 9.53 Å². The third-order valence-electron chi connectivity index (χ3n) is 2.50. The van der Waals surface area contributed by atoms with Gasteiger partial charge >= 0.3 is 6.09 Å². The Balaban J connectivity index is 2.31. The summed E-state index contributed by atoms with van der Waals surface area (Å²) < 4.78 is 5.16. The molecule has 2 aromatic rings. The van der Waals surface area contributed by atoms with Crippen LogP contribution < -0.4 is 10.9 Å². The molecule has 5 nitrogen and oxygen atoms in total. The molecule has 1 aromatic heterocycles. The van der Waals surface area contributed by atoms with E-state index >= 15 is 0 Å². The fraction of sp³-hybridized carbons (Fsp3) is 0.286. The second kappa shape index (κ2) is 5.17. The minimum atomic E-state index is -0.574. The van der Waals surface area contributed by atoms with Gasteiger partial charge in [0.05, 0.1) is 5.02 Å². The molecule has 0 atom stereocenters. The van der Waals surface area contributed by atoms with Gasteiger partial charge in [-0.1, -0.05) is 11.6 Å². The molecule has 0 aliphatic carbocycles. The lowest BCUT2D eigenvalue weighted by molar-refractivity contribution is 0.0636. The van der Waals surface area contributed by atoms with Crippen LogP contribution in [-0.4, -0.2) is 16.7 Å². The van der Waals surface area contributed by atoms with E-state index in [1.165, 1.54) is 6.20 Å². The lowest BCUT2D eigenvalue weighted by Crippen LogP contribution is -2.27. The Kier molecular flexibility index (Phi) is 3.72. The van der Waals surface area contributed by atoms with Crippen LogP contribution in [0.1, 0.15) is 20.8 Å². The molecule has 0 aliphatic heterocycles. The second-order valence-electron chi connectivity index (χ2n) is 5.35. The molecule has 0 radical (unpaired) electrons. The van der Waals surface area contributed by atoms with Crippen LogP contribution >= 0.6 is 11.6 Å². The average Bonchev–Trinajstić information content (AvgIpc) is 2.31. The number of aromatic amines is 1. The molecule has 1 aromatic carbocycles. The number of pyridine rings is 1. The number of fused-ring (bicyclic) bond motifs is 1. The number of halogens is 1. The van der Waals surface area contributed by atoms with Crippen molar-refractivity contribution in [3.05, 3.63) is 39.8 Å². The van der Waals surface area contributed by atoms with E-state index < -0.39 is 11.7 Å². The zero-order chi connectivity index (χ0) is 14.9. The van der Waals surface area contributed by atoms with Crippen LogP contribution in [0.4, 0.5) is 10.5 Å². The number of nitrogens with one attached hydrogen (secondary N) is 2. The van der Waals surface area contributed by atoms with E-state index in [0.29, 0.717) is 21.5 Å². The number of hydrogen-bond acceptors (Lipinski definition) is 3. The van der Waals surface area contributed by atoms with E-state index in [0.717, 1.165) is 0 Å². The molecule has 1 amide bonds. The summed E-state index contributed by atoms with van der Waals surface area (Å²) in [6.45, 7) is 5.34. The molecule has 2 rings (SSSR count). The van der Waals surface area contributed by atoms with Crippen molar-refractivity contribution in [3.8, 4) is 0 Å². The molecule has 6 heteroatoms. The van der Waals surface area contributed by atoms with Crippen LogP contribution in [0.2, 0.25) is 5.02 Å². The number of H-pyrrole nitrogens is 1. The molecule has 20 heavy (non-hydrogen) atoms. The fourth-order valence-corrected chi connectivity index (χ4v) is 1.93. The van der Waals surface area contributed by atoms with Crippen molar-refractivity contribution in [3.63, 3.8) is 0 Å². The summed E-state index contributed by atoms with van der Waals surface area (Å²) in [7, 11) is 0. The Morgan fingerprint density at radius 1 is 1.30 bits per heavy atom. The SMILES string of the molecule is CC(C)(C)OC(=O)Nc1ccc2c(=O)[nH]cc(Cl)c2c1. The molecule has 0 saturated carbocycles. The van der Waals surface area contributed by atoms with Crippen LogP contribution in [0.15, 0.2) is 29.2 Å². The third-order valence-corrected chi connectivity index (χ3v) is 2.81. The van der Waals surface area contributed by atoms with E-state index in [2.05, 4.69) is 10.3 Å². The highest BCUT2D eigenvalue weighted by molar-refractivity contribution is 6.35. The molecule has 1 heterocycles. The van der Waals surface area contributed by atoms with E-state index in [9.17, 15) is 9.59 Å². The van der Waals surface area contributed by atoms with E-state index in [1.54, 1.807) is 39.0 Å². The van der Waals surface area contributed by atoms with Gasteiger partial charge in [0.1, 0.15) is 5.60 Å². The molecule has 0 bridgehead atoms. The topological polar surface area (TPSA) is 71.2 Å². The average molecular weight is 295 g/mol. The van der Waals surface area contributed by atoms with Crippen LogP contribution in [0.3, 0.4) is 0 Å². The minimum Gasteiger partial charge on any atom is -0.444 e. The van der Waals surface area contributed by atoms with Crippen LogP contribution in [-0.2, 0) is 4.74 Å². The molecule has 0 unspecified atom stereocenters. The smallest absolute Gasteiger partial charge is 0.412 e. The van der Waals surface area contributed by atoms with Crippen LogP contribution in [0, 0.1) is 0 Å². The number of amides is 1. The van der Waals surface area contributed by atoms with Crippen LogP contribution in [0.5, 0.6) is 0 Å². The van der Waals surface area contributed by atoms with Gasteiger partial charge < -0.3 is 9.72 Å². The summed E-state index contributed by atoms with van der Waals surface area (Å²) in [5.74, 6) is 0. The molecule has 0 fully saturated rings. The first-order valence-corrected chi connectivity index (χ1v) is 6.45. The highest BCUT2D eigenvalue weighted by atomic mass is 35.5. The Morgan fingerprint density at radius 2 is 2.00 bits per heavy atom. The Labute approximate surface area is 120 Å². The molecular formula is C14H15ClN2O3. The van der Waals surface area contributed by atoms with Crippen molar-refractivity contribution >= 4 is 34.2 Å². The van der Waals surface area contributed by atoms with Gasteiger partial charge in [0, 0.05) is 22.7 Å². The fourth-order valence-electron chi connectivity index (χ4n) is 1.72. The molecule has 106 valence electrons. The zero-order valence-corrected chi connectivity index (χ0v) is 12.2. The number of ether oxygens (including phenoxy) is 1. The molecule has 2 N–H and O–H groups in total. The largest absolute Gasteiger partial charge is 0.444 e. The maximum atomic E-state index is 11.7. The first-order chi connectivity index (χ1) is 9.26. The number of benzene rings is 1. The van der Waals surface area contributed by atoms with Crippen molar-refractivity contribution in [2.24, 2.45) is 0 Å². The molecule has 0 spiro atoms. The van der Waals surface area contributed by atoms with Gasteiger partial charge in [0.25, 0.3) is 5.56 Å². The van der Waals surface area contributed by atoms with Crippen molar-refractivity contribution in [1.82, 2.24) is 4.98 Å². The number of hydrogen-bond donors (Lipinski definition) is 2. The number of aromatic nitrogens is 1. The Bertz CT molecular complexity index is 716. The van der Waals surface area contributed by atoms with Crippen molar-refractivity contribution in [2.45, 2.75) is 26.4 Å². The molecule has 0 saturated heterocycles. The maximum absolute atomic E-state index is 11.7. The highest BCUT2D eigenvalue weighted by Gasteiger charge is 2.16. The van der Waals surface area contributed by atoms with Crippen molar-refractivity contribution in [1.29, 1.82) is 0 Å². The second-order valence-corrected chi connectivity index (χ2v) is 5.76. The van der Waals surface area contributed by atoms with Gasteiger partial charge in [-0.05, 0) is 39.0 Å². The van der Waals surface area contributed by atoms with Gasteiger partial charge in [-0.25, -0.2) is 4.79 Å². The molecule has 0 aliphatic rings. The lowest BCUT2D eigenvalue weighted by atomic mass is 10.1. The zero-order valence-electron chi connectivity index (χ0n) is 11.4. The predicted molar refractivity (Wildman–Crippen MR) is 79.4 cm³/mol. The predicted octanol–water partition coefficient (Wildman–Crippen LogP) is 3.53. The standard InChI is InChI=1S/C14H15ClN2O3/c1-14(2,3)20-13(19)17-8-4-5-9-10(6-8)11(15)7-16-12(9)18/h4-7H,1-3H3,(H,16,18)(H,17,19). The number of rotatable bonds is 1. The van der Waals surface area contributed by atoms with E-state index in [1.807, 2.05) is 0 Å². The Hall–Kier alpha value is -2.01. The minimum absolute atomic E-state index is 0.229. The highest BCUT2D eigenvalue weighted by Crippen LogP contribution is 2.23. The van der Waals surface area contributed by atoms with E-state index in [-0.39, 0.29) is 5.56 Å². The monoisotopic (exact) mass is 294 g/mol. The number of carbonyl (C=O) groups excluding carboxylic acids is 1. The van der Waals surface area contributed by atoms with Gasteiger partial charge in [-0.3, -0.25) is 10.1 Å². The number of anilines is 1. The van der Waals surface area contributed by atoms with Gasteiger partial charge in [-0.15, -0.1) is 0 Å². The summed E-state index contributed by atoms with van der Waals surface area (Å²) in [4.78, 5) is 25.8. The Morgan fingerprint density at radius 3 is 2.65 bits per heavy atom. The summed E-state index contributed by atoms with van der Waals surface area (Å²) in [6, 6.07) is 4.86. The third kappa shape index (κ3) is 3.30. The normalized spacial score (nSPS) is 11.4. The van der Waals surface area contributed by atoms with Crippen LogP contribution in [0.25, 0.3) is 10.8 Å². The summed E-state index contributed by atoms with van der Waals surface area (Å²) in [6.07, 6.45) is 0.863. The first-order valence-electron chi connectivity index (χ1n) is 6.07. The van der Waals surface area contributed by atoms with Crippen molar-refractivity contribution in [2.75, 3.05) is 5.32 Å². The lowest BCUT2D eigenvalue weighted by Gasteiger charge is -2.19.